The molecule has 8 heteroatoms. The second-order valence-corrected chi connectivity index (χ2v) is 10.3. The van der Waals surface area contributed by atoms with E-state index < -0.39 is 5.60 Å². The molecule has 0 atom stereocenters. The van der Waals surface area contributed by atoms with Gasteiger partial charge in [-0.3, -0.25) is 9.69 Å². The van der Waals surface area contributed by atoms with E-state index in [1.807, 2.05) is 74.3 Å². The van der Waals surface area contributed by atoms with Crippen molar-refractivity contribution >= 4 is 12.0 Å². The number of hydrogen-bond acceptors (Lipinski definition) is 5. The molecule has 0 radical (unpaired) electrons. The monoisotopic (exact) mass is 482 g/mol. The Kier molecular flexibility index (Phi) is 8.00. The lowest BCUT2D eigenvalue weighted by Crippen LogP contribution is -2.50. The van der Waals surface area contributed by atoms with Crippen molar-refractivity contribution in [3.05, 3.63) is 54.4 Å². The zero-order chi connectivity index (χ0) is 24.8. The summed E-state index contributed by atoms with van der Waals surface area (Å²) in [6.07, 6.45) is 3.36. The molecule has 0 N–H and O–H groups in total. The molecule has 2 amide bonds. The molecule has 4 rings (SSSR count). The first-order valence-electron chi connectivity index (χ1n) is 12.6. The number of nitrogens with zero attached hydrogens (tertiary/aromatic N) is 4. The Morgan fingerprint density at radius 3 is 2.23 bits per heavy atom. The summed E-state index contributed by atoms with van der Waals surface area (Å²) in [6.45, 7) is 11.5. The minimum Gasteiger partial charge on any atom is -0.492 e. The number of carbonyl (C=O) groups is 2. The first kappa shape index (κ1) is 25.1. The number of benzene rings is 1. The molecule has 0 spiro atoms. The van der Waals surface area contributed by atoms with Gasteiger partial charge in [0.25, 0.3) is 5.91 Å². The lowest BCUT2D eigenvalue weighted by molar-refractivity contribution is 0.0186. The number of carbonyl (C=O) groups excluding carboxylic acids is 2. The van der Waals surface area contributed by atoms with Crippen molar-refractivity contribution in [2.24, 2.45) is 0 Å². The van der Waals surface area contributed by atoms with Crippen LogP contribution in [-0.4, -0.2) is 89.3 Å². The SMILES string of the molecule is CC(C)(C)OC(=O)N1CCC(n2cccc2C(=O)N2CCN(CCOc3ccccc3)CC2)CC1. The maximum absolute atomic E-state index is 13.3. The predicted octanol–water partition coefficient (Wildman–Crippen LogP) is 3.90. The zero-order valence-electron chi connectivity index (χ0n) is 21.2. The van der Waals surface area contributed by atoms with Gasteiger partial charge in [-0.05, 0) is 57.9 Å². The number of rotatable bonds is 6. The molecule has 35 heavy (non-hydrogen) atoms. The molecular weight excluding hydrogens is 444 g/mol. The summed E-state index contributed by atoms with van der Waals surface area (Å²) >= 11 is 0. The second-order valence-electron chi connectivity index (χ2n) is 10.3. The molecule has 1 aromatic carbocycles. The maximum Gasteiger partial charge on any atom is 0.410 e. The molecule has 1 aromatic heterocycles. The minimum atomic E-state index is -0.493. The van der Waals surface area contributed by atoms with Crippen molar-refractivity contribution in [3.8, 4) is 5.75 Å². The van der Waals surface area contributed by atoms with Gasteiger partial charge in [-0.2, -0.15) is 0 Å². The molecule has 2 fully saturated rings. The maximum atomic E-state index is 13.3. The molecule has 2 aromatic rings. The zero-order valence-corrected chi connectivity index (χ0v) is 21.2. The van der Waals surface area contributed by atoms with E-state index in [0.29, 0.717) is 32.8 Å². The Hall–Kier alpha value is -3.00. The highest BCUT2D eigenvalue weighted by Crippen LogP contribution is 2.26. The average molecular weight is 483 g/mol. The third-order valence-electron chi connectivity index (χ3n) is 6.59. The first-order valence-corrected chi connectivity index (χ1v) is 12.6. The predicted molar refractivity (Wildman–Crippen MR) is 135 cm³/mol. The van der Waals surface area contributed by atoms with E-state index in [2.05, 4.69) is 9.47 Å². The topological polar surface area (TPSA) is 67.2 Å². The van der Waals surface area contributed by atoms with Crippen LogP contribution >= 0.6 is 0 Å². The summed E-state index contributed by atoms with van der Waals surface area (Å²) in [7, 11) is 0. The number of piperazine rings is 1. The van der Waals surface area contributed by atoms with Gasteiger partial charge >= 0.3 is 6.09 Å². The molecule has 190 valence electrons. The molecule has 0 bridgehead atoms. The molecule has 2 saturated heterocycles. The van der Waals surface area contributed by atoms with Gasteiger partial charge in [0.2, 0.25) is 0 Å². The van der Waals surface area contributed by atoms with E-state index >= 15 is 0 Å². The van der Waals surface area contributed by atoms with E-state index in [0.717, 1.165) is 43.9 Å². The van der Waals surface area contributed by atoms with Gasteiger partial charge in [0, 0.05) is 58.1 Å². The number of likely N-dealkylation sites (tertiary alicyclic amines) is 1. The van der Waals surface area contributed by atoms with Crippen LogP contribution in [0.25, 0.3) is 0 Å². The first-order chi connectivity index (χ1) is 16.8. The van der Waals surface area contributed by atoms with Gasteiger partial charge in [-0.15, -0.1) is 0 Å². The quantitative estimate of drug-likeness (QED) is 0.625. The fourth-order valence-corrected chi connectivity index (χ4v) is 4.69. The highest BCUT2D eigenvalue weighted by atomic mass is 16.6. The van der Waals surface area contributed by atoms with Crippen molar-refractivity contribution in [3.63, 3.8) is 0 Å². The van der Waals surface area contributed by atoms with E-state index in [9.17, 15) is 9.59 Å². The molecule has 3 heterocycles. The highest BCUT2D eigenvalue weighted by molar-refractivity contribution is 5.93. The lowest BCUT2D eigenvalue weighted by Gasteiger charge is -2.36. The summed E-state index contributed by atoms with van der Waals surface area (Å²) in [5.74, 6) is 0.976. The molecule has 0 aliphatic carbocycles. The number of para-hydroxylation sites is 1. The molecular formula is C27H38N4O4. The number of ether oxygens (including phenoxy) is 2. The fourth-order valence-electron chi connectivity index (χ4n) is 4.69. The van der Waals surface area contributed by atoms with Crippen LogP contribution in [0.2, 0.25) is 0 Å². The van der Waals surface area contributed by atoms with E-state index in [-0.39, 0.29) is 18.0 Å². The van der Waals surface area contributed by atoms with Crippen LogP contribution in [0, 0.1) is 0 Å². The summed E-state index contributed by atoms with van der Waals surface area (Å²) in [5, 5.41) is 0. The minimum absolute atomic E-state index is 0.0877. The number of amides is 2. The summed E-state index contributed by atoms with van der Waals surface area (Å²) in [6, 6.07) is 13.9. The third kappa shape index (κ3) is 6.78. The number of aromatic nitrogens is 1. The van der Waals surface area contributed by atoms with Gasteiger partial charge in [0.1, 0.15) is 23.7 Å². The lowest BCUT2D eigenvalue weighted by atomic mass is 10.0. The van der Waals surface area contributed by atoms with Crippen molar-refractivity contribution in [1.29, 1.82) is 0 Å². The van der Waals surface area contributed by atoms with Gasteiger partial charge < -0.3 is 23.8 Å². The highest BCUT2D eigenvalue weighted by Gasteiger charge is 2.30. The average Bonchev–Trinajstić information content (AvgIpc) is 3.34. The van der Waals surface area contributed by atoms with Gasteiger partial charge in [-0.1, -0.05) is 18.2 Å². The Morgan fingerprint density at radius 1 is 0.886 bits per heavy atom. The second kappa shape index (κ2) is 11.2. The van der Waals surface area contributed by atoms with Crippen molar-refractivity contribution in [1.82, 2.24) is 19.3 Å². The van der Waals surface area contributed by atoms with Crippen LogP contribution in [0.1, 0.15) is 50.1 Å². The summed E-state index contributed by atoms with van der Waals surface area (Å²) in [5.41, 5.74) is 0.244. The number of piperidine rings is 1. The Balaban J connectivity index is 1.24. The Labute approximate surface area is 208 Å². The number of hydrogen-bond donors (Lipinski definition) is 0. The summed E-state index contributed by atoms with van der Waals surface area (Å²) in [4.78, 5) is 31.8. The molecule has 0 unspecified atom stereocenters. The van der Waals surface area contributed by atoms with E-state index in [1.54, 1.807) is 4.90 Å². The Morgan fingerprint density at radius 2 is 1.57 bits per heavy atom. The van der Waals surface area contributed by atoms with Crippen molar-refractivity contribution in [2.75, 3.05) is 52.4 Å². The summed E-state index contributed by atoms with van der Waals surface area (Å²) < 4.78 is 13.4. The van der Waals surface area contributed by atoms with Crippen LogP contribution in [0.3, 0.4) is 0 Å². The Bertz CT molecular complexity index is 969. The normalized spacial score (nSPS) is 17.9. The standard InChI is InChI=1S/C27H38N4O4/c1-27(2,3)35-26(33)30-14-11-22(12-15-30)31-13-7-10-24(31)25(32)29-18-16-28(17-19-29)20-21-34-23-8-5-4-6-9-23/h4-10,13,22H,11-12,14-21H2,1-3H3. The fraction of sp³-hybridized carbons (Fsp3) is 0.556. The smallest absolute Gasteiger partial charge is 0.410 e. The molecule has 2 aliphatic rings. The molecule has 0 saturated carbocycles. The van der Waals surface area contributed by atoms with Crippen molar-refractivity contribution in [2.45, 2.75) is 45.3 Å². The van der Waals surface area contributed by atoms with Crippen LogP contribution in [-0.2, 0) is 4.74 Å². The molecule has 8 nitrogen and oxygen atoms in total. The van der Waals surface area contributed by atoms with Crippen LogP contribution in [0.15, 0.2) is 48.7 Å². The van der Waals surface area contributed by atoms with Gasteiger partial charge in [0.15, 0.2) is 0 Å². The van der Waals surface area contributed by atoms with Crippen molar-refractivity contribution < 1.29 is 19.1 Å². The van der Waals surface area contributed by atoms with Gasteiger partial charge in [0.05, 0.1) is 0 Å². The van der Waals surface area contributed by atoms with E-state index in [4.69, 9.17) is 9.47 Å². The van der Waals surface area contributed by atoms with E-state index in [1.165, 1.54) is 0 Å². The van der Waals surface area contributed by atoms with Crippen LogP contribution in [0.5, 0.6) is 5.75 Å². The van der Waals surface area contributed by atoms with Crippen LogP contribution < -0.4 is 4.74 Å². The largest absolute Gasteiger partial charge is 0.492 e. The van der Waals surface area contributed by atoms with Crippen LogP contribution in [0.4, 0.5) is 4.79 Å². The van der Waals surface area contributed by atoms with Gasteiger partial charge in [-0.25, -0.2) is 4.79 Å². The molecule has 2 aliphatic heterocycles. The third-order valence-corrected chi connectivity index (χ3v) is 6.59.